The van der Waals surface area contributed by atoms with E-state index in [9.17, 15) is 0 Å². The summed E-state index contributed by atoms with van der Waals surface area (Å²) < 4.78 is 0. The molecular weight excluding hydrogens is 302 g/mol. The lowest BCUT2D eigenvalue weighted by atomic mass is 9.90. The van der Waals surface area contributed by atoms with Crippen LogP contribution in [0.5, 0.6) is 0 Å². The minimum atomic E-state index is 0.0522. The first kappa shape index (κ1) is 15.4. The highest BCUT2D eigenvalue weighted by Gasteiger charge is 2.29. The monoisotopic (exact) mass is 327 g/mol. The lowest BCUT2D eigenvalue weighted by molar-refractivity contribution is 0.215. The summed E-state index contributed by atoms with van der Waals surface area (Å²) in [4.78, 5) is 11.3. The predicted molar refractivity (Wildman–Crippen MR) is 94.6 cm³/mol. The van der Waals surface area contributed by atoms with E-state index in [4.69, 9.17) is 0 Å². The predicted octanol–water partition coefficient (Wildman–Crippen LogP) is 2.72. The van der Waals surface area contributed by atoms with Crippen molar-refractivity contribution in [2.24, 2.45) is 0 Å². The molecule has 1 aliphatic carbocycles. The summed E-state index contributed by atoms with van der Waals surface area (Å²) in [6.07, 6.45) is 6.49. The van der Waals surface area contributed by atoms with Crippen molar-refractivity contribution in [1.29, 1.82) is 0 Å². The standard InChI is InChI=1S/C17H25N7/c1-17(6-9-24(2)10-7-17)21-16-18-8-5-14(20-16)19-15-11-13(22-23-15)12-3-4-12/h5,8,11-12H,3-4,6-7,9-10H2,1-2H3,(H3,18,19,20,21,22,23). The fraction of sp³-hybridized carbons (Fsp3) is 0.588. The lowest BCUT2D eigenvalue weighted by Gasteiger charge is -2.38. The number of aromatic amines is 1. The number of rotatable bonds is 5. The number of aromatic nitrogens is 4. The second-order valence-corrected chi connectivity index (χ2v) is 7.36. The summed E-state index contributed by atoms with van der Waals surface area (Å²) >= 11 is 0. The van der Waals surface area contributed by atoms with Gasteiger partial charge in [-0.2, -0.15) is 10.1 Å². The van der Waals surface area contributed by atoms with Crippen LogP contribution in [0.15, 0.2) is 18.3 Å². The third kappa shape index (κ3) is 3.51. The molecule has 3 N–H and O–H groups in total. The molecule has 0 radical (unpaired) electrons. The number of nitrogens with zero attached hydrogens (tertiary/aromatic N) is 4. The number of hydrogen-bond donors (Lipinski definition) is 3. The molecule has 2 aromatic rings. The molecule has 1 aliphatic heterocycles. The van der Waals surface area contributed by atoms with Gasteiger partial charge in [-0.3, -0.25) is 5.10 Å². The fourth-order valence-corrected chi connectivity index (χ4v) is 3.13. The van der Waals surface area contributed by atoms with Gasteiger partial charge in [-0.1, -0.05) is 0 Å². The molecule has 0 amide bonds. The van der Waals surface area contributed by atoms with Gasteiger partial charge in [-0.15, -0.1) is 0 Å². The average Bonchev–Trinajstić information content (AvgIpc) is 3.31. The number of hydrogen-bond acceptors (Lipinski definition) is 6. The number of likely N-dealkylation sites (tertiary alicyclic amines) is 1. The van der Waals surface area contributed by atoms with Crippen molar-refractivity contribution >= 4 is 17.6 Å². The van der Waals surface area contributed by atoms with Gasteiger partial charge in [0.05, 0.1) is 0 Å². The van der Waals surface area contributed by atoms with Crippen LogP contribution in [0.3, 0.4) is 0 Å². The summed E-state index contributed by atoms with van der Waals surface area (Å²) in [5.41, 5.74) is 1.26. The van der Waals surface area contributed by atoms with Crippen LogP contribution in [0.1, 0.15) is 44.2 Å². The van der Waals surface area contributed by atoms with Crippen LogP contribution >= 0.6 is 0 Å². The van der Waals surface area contributed by atoms with Crippen LogP contribution in [0.2, 0.25) is 0 Å². The number of piperidine rings is 1. The summed E-state index contributed by atoms with van der Waals surface area (Å²) in [6.45, 7) is 4.44. The molecular formula is C17H25N7. The molecule has 0 unspecified atom stereocenters. The average molecular weight is 327 g/mol. The van der Waals surface area contributed by atoms with Gasteiger partial charge in [-0.05, 0) is 45.7 Å². The van der Waals surface area contributed by atoms with Gasteiger partial charge < -0.3 is 15.5 Å². The van der Waals surface area contributed by atoms with Crippen LogP contribution in [-0.4, -0.2) is 50.7 Å². The first-order valence-electron chi connectivity index (χ1n) is 8.72. The molecule has 2 aromatic heterocycles. The number of nitrogens with one attached hydrogen (secondary N) is 3. The lowest BCUT2D eigenvalue weighted by Crippen LogP contribution is -2.46. The maximum Gasteiger partial charge on any atom is 0.225 e. The van der Waals surface area contributed by atoms with Crippen molar-refractivity contribution < 1.29 is 0 Å². The van der Waals surface area contributed by atoms with Crippen LogP contribution < -0.4 is 10.6 Å². The third-order valence-corrected chi connectivity index (χ3v) is 5.03. The Hall–Kier alpha value is -2.15. The molecule has 0 bridgehead atoms. The van der Waals surface area contributed by atoms with Gasteiger partial charge in [0.15, 0.2) is 5.82 Å². The summed E-state index contributed by atoms with van der Waals surface area (Å²) in [5.74, 6) is 2.91. The smallest absolute Gasteiger partial charge is 0.225 e. The normalized spacial score (nSPS) is 20.8. The Morgan fingerprint density at radius 2 is 2.04 bits per heavy atom. The molecule has 3 heterocycles. The highest BCUT2D eigenvalue weighted by atomic mass is 15.2. The Bertz CT molecular complexity index is 698. The van der Waals surface area contributed by atoms with E-state index in [-0.39, 0.29) is 5.54 Å². The van der Waals surface area contributed by atoms with Gasteiger partial charge in [-0.25, -0.2) is 4.98 Å². The molecule has 2 fully saturated rings. The number of anilines is 3. The van der Waals surface area contributed by atoms with Gasteiger partial charge in [0, 0.05) is 42.5 Å². The topological polar surface area (TPSA) is 81.8 Å². The minimum absolute atomic E-state index is 0.0522. The summed E-state index contributed by atoms with van der Waals surface area (Å²) in [7, 11) is 2.17. The Labute approximate surface area is 142 Å². The van der Waals surface area contributed by atoms with Crippen LogP contribution in [0.25, 0.3) is 0 Å². The van der Waals surface area contributed by atoms with E-state index in [1.54, 1.807) is 6.20 Å². The van der Waals surface area contributed by atoms with Crippen LogP contribution in [0.4, 0.5) is 17.6 Å². The summed E-state index contributed by atoms with van der Waals surface area (Å²) in [5, 5.41) is 14.2. The Balaban J connectivity index is 1.42. The maximum atomic E-state index is 4.60. The van der Waals surface area contributed by atoms with E-state index in [1.807, 2.05) is 6.07 Å². The Morgan fingerprint density at radius 3 is 2.79 bits per heavy atom. The minimum Gasteiger partial charge on any atom is -0.349 e. The van der Waals surface area contributed by atoms with E-state index >= 15 is 0 Å². The molecule has 1 saturated carbocycles. The van der Waals surface area contributed by atoms with Crippen molar-refractivity contribution in [1.82, 2.24) is 25.1 Å². The van der Waals surface area contributed by atoms with Crippen LogP contribution in [-0.2, 0) is 0 Å². The van der Waals surface area contributed by atoms with Crippen molar-refractivity contribution in [2.45, 2.75) is 44.1 Å². The largest absolute Gasteiger partial charge is 0.349 e. The molecule has 24 heavy (non-hydrogen) atoms. The molecule has 7 nitrogen and oxygen atoms in total. The second kappa shape index (κ2) is 6.05. The molecule has 4 rings (SSSR count). The van der Waals surface area contributed by atoms with Gasteiger partial charge in [0.2, 0.25) is 5.95 Å². The van der Waals surface area contributed by atoms with E-state index < -0.39 is 0 Å². The van der Waals surface area contributed by atoms with Crippen molar-refractivity contribution in [3.63, 3.8) is 0 Å². The first-order valence-corrected chi connectivity index (χ1v) is 8.72. The third-order valence-electron chi connectivity index (χ3n) is 5.03. The van der Waals surface area contributed by atoms with Crippen molar-refractivity contribution in [2.75, 3.05) is 30.8 Å². The Kier molecular flexibility index (Phi) is 3.88. The Morgan fingerprint density at radius 1 is 1.25 bits per heavy atom. The van der Waals surface area contributed by atoms with Crippen molar-refractivity contribution in [3.8, 4) is 0 Å². The molecule has 2 aliphatic rings. The van der Waals surface area contributed by atoms with E-state index in [0.29, 0.717) is 11.9 Å². The first-order chi connectivity index (χ1) is 11.6. The quantitative estimate of drug-likeness (QED) is 0.783. The second-order valence-electron chi connectivity index (χ2n) is 7.36. The van der Waals surface area contributed by atoms with Gasteiger partial charge in [0.1, 0.15) is 5.82 Å². The SMILES string of the molecule is CN1CCC(C)(Nc2nccc(Nc3cc(C4CC4)[nH]n3)n2)CC1. The number of H-pyrrole nitrogens is 1. The highest BCUT2D eigenvalue weighted by Crippen LogP contribution is 2.39. The fourth-order valence-electron chi connectivity index (χ4n) is 3.13. The van der Waals surface area contributed by atoms with E-state index in [0.717, 1.165) is 37.6 Å². The zero-order chi connectivity index (χ0) is 16.6. The molecule has 0 aromatic carbocycles. The van der Waals surface area contributed by atoms with Crippen molar-refractivity contribution in [3.05, 3.63) is 24.0 Å². The highest BCUT2D eigenvalue weighted by molar-refractivity contribution is 5.53. The van der Waals surface area contributed by atoms with Gasteiger partial charge in [0.25, 0.3) is 0 Å². The summed E-state index contributed by atoms with van der Waals surface area (Å²) in [6, 6.07) is 3.94. The zero-order valence-corrected chi connectivity index (χ0v) is 14.3. The molecule has 1 saturated heterocycles. The molecule has 128 valence electrons. The zero-order valence-electron chi connectivity index (χ0n) is 14.3. The van der Waals surface area contributed by atoms with E-state index in [2.05, 4.69) is 55.7 Å². The molecule has 7 heteroatoms. The maximum absolute atomic E-state index is 4.60. The van der Waals surface area contributed by atoms with Gasteiger partial charge >= 0.3 is 0 Å². The van der Waals surface area contributed by atoms with Crippen LogP contribution in [0, 0.1) is 0 Å². The molecule has 0 atom stereocenters. The van der Waals surface area contributed by atoms with E-state index in [1.165, 1.54) is 18.5 Å². The molecule has 0 spiro atoms.